The number of allylic oxidation sites excluding steroid dienone is 3. The highest BCUT2D eigenvalue weighted by molar-refractivity contribution is 5.85. The number of morpholine rings is 1. The van der Waals surface area contributed by atoms with E-state index in [1.165, 1.54) is 5.57 Å². The van der Waals surface area contributed by atoms with Gasteiger partial charge in [-0.2, -0.15) is 5.26 Å². The fourth-order valence-corrected chi connectivity index (χ4v) is 3.81. The van der Waals surface area contributed by atoms with Crippen LogP contribution >= 0.6 is 0 Å². The van der Waals surface area contributed by atoms with Crippen molar-refractivity contribution in [2.75, 3.05) is 26.3 Å². The Morgan fingerprint density at radius 1 is 1.15 bits per heavy atom. The lowest BCUT2D eigenvalue weighted by atomic mass is 9.88. The number of pyridine rings is 1. The zero-order chi connectivity index (χ0) is 17.9. The van der Waals surface area contributed by atoms with Crippen LogP contribution in [-0.2, 0) is 4.74 Å². The maximum Gasteiger partial charge on any atom is 0.146 e. The number of aromatic hydroxyl groups is 1. The van der Waals surface area contributed by atoms with E-state index in [0.717, 1.165) is 42.5 Å². The van der Waals surface area contributed by atoms with Gasteiger partial charge in [0.1, 0.15) is 11.3 Å². The predicted octanol–water partition coefficient (Wildman–Crippen LogP) is 3.48. The third-order valence-corrected chi connectivity index (χ3v) is 5.16. The molecule has 132 valence electrons. The molecule has 1 N–H and O–H groups in total. The normalized spacial score (nSPS) is 19.5. The third-order valence-electron chi connectivity index (χ3n) is 5.16. The Kier molecular flexibility index (Phi) is 4.70. The van der Waals surface area contributed by atoms with Gasteiger partial charge in [-0.15, -0.1) is 0 Å². The number of phenols is 1. The Labute approximate surface area is 152 Å². The quantitative estimate of drug-likeness (QED) is 0.920. The van der Waals surface area contributed by atoms with Gasteiger partial charge >= 0.3 is 0 Å². The molecule has 1 atom stereocenters. The smallest absolute Gasteiger partial charge is 0.146 e. The minimum atomic E-state index is -0.0261. The largest absolute Gasteiger partial charge is 0.505 e. The van der Waals surface area contributed by atoms with Gasteiger partial charge in [-0.05, 0) is 30.6 Å². The zero-order valence-electron chi connectivity index (χ0n) is 14.6. The van der Waals surface area contributed by atoms with Crippen molar-refractivity contribution in [2.24, 2.45) is 0 Å². The number of nitrogens with zero attached hydrogens (tertiary/aromatic N) is 3. The summed E-state index contributed by atoms with van der Waals surface area (Å²) in [7, 11) is 0. The molecule has 2 heterocycles. The van der Waals surface area contributed by atoms with Crippen LogP contribution in [0.3, 0.4) is 0 Å². The maximum atomic E-state index is 11.0. The average molecular weight is 347 g/mol. The lowest BCUT2D eigenvalue weighted by Crippen LogP contribution is -2.40. The van der Waals surface area contributed by atoms with E-state index in [2.05, 4.69) is 16.0 Å². The standard InChI is InChI=1S/C21H21N3O2/c22-14-15-3-5-17(6-4-15)20(24-10-12-26-13-11-24)18-8-7-16-2-1-9-23-19(16)21(18)25/h1-3,5,7-9,20,25H,4,6,10-13H2. The first-order valence-electron chi connectivity index (χ1n) is 8.96. The molecular formula is C21H21N3O2. The van der Waals surface area contributed by atoms with E-state index in [9.17, 15) is 5.11 Å². The number of ether oxygens (including phenoxy) is 1. The SMILES string of the molecule is N#CC1=CC=C(C(c2ccc3cccnc3c2O)N2CCOCC2)CC1. The number of hydrogen-bond donors (Lipinski definition) is 1. The van der Waals surface area contributed by atoms with Crippen molar-refractivity contribution in [3.05, 3.63) is 59.3 Å². The summed E-state index contributed by atoms with van der Waals surface area (Å²) >= 11 is 0. The van der Waals surface area contributed by atoms with E-state index in [-0.39, 0.29) is 11.8 Å². The Balaban J connectivity index is 1.81. The molecule has 1 fully saturated rings. The van der Waals surface area contributed by atoms with E-state index in [0.29, 0.717) is 18.7 Å². The van der Waals surface area contributed by atoms with E-state index in [1.54, 1.807) is 6.20 Å². The fraction of sp³-hybridized carbons (Fsp3) is 0.333. The van der Waals surface area contributed by atoms with Gasteiger partial charge in [-0.25, -0.2) is 0 Å². The van der Waals surface area contributed by atoms with Crippen molar-refractivity contribution in [3.8, 4) is 11.8 Å². The van der Waals surface area contributed by atoms with Gasteiger partial charge in [-0.3, -0.25) is 9.88 Å². The van der Waals surface area contributed by atoms with Gasteiger partial charge in [-0.1, -0.05) is 24.3 Å². The van der Waals surface area contributed by atoms with Crippen LogP contribution in [0.25, 0.3) is 10.9 Å². The molecule has 2 aliphatic rings. The predicted molar refractivity (Wildman–Crippen MR) is 99.6 cm³/mol. The molecule has 4 rings (SSSR count). The van der Waals surface area contributed by atoms with Gasteiger partial charge in [0.2, 0.25) is 0 Å². The molecular weight excluding hydrogens is 326 g/mol. The number of rotatable bonds is 3. The molecule has 1 saturated heterocycles. The monoisotopic (exact) mass is 347 g/mol. The molecule has 1 unspecified atom stereocenters. The van der Waals surface area contributed by atoms with Crippen molar-refractivity contribution < 1.29 is 9.84 Å². The van der Waals surface area contributed by atoms with Gasteiger partial charge in [0, 0.05) is 35.8 Å². The Hall–Kier alpha value is -2.68. The molecule has 1 aliphatic carbocycles. The second kappa shape index (κ2) is 7.28. The van der Waals surface area contributed by atoms with E-state index >= 15 is 0 Å². The molecule has 1 aromatic carbocycles. The Morgan fingerprint density at radius 3 is 2.73 bits per heavy atom. The second-order valence-corrected chi connectivity index (χ2v) is 6.67. The highest BCUT2D eigenvalue weighted by Gasteiger charge is 2.29. The van der Waals surface area contributed by atoms with Crippen molar-refractivity contribution in [1.82, 2.24) is 9.88 Å². The first kappa shape index (κ1) is 16.8. The first-order valence-corrected chi connectivity index (χ1v) is 8.96. The van der Waals surface area contributed by atoms with Crippen LogP contribution in [0.15, 0.2) is 53.8 Å². The highest BCUT2D eigenvalue weighted by atomic mass is 16.5. The Bertz CT molecular complexity index is 920. The second-order valence-electron chi connectivity index (χ2n) is 6.67. The van der Waals surface area contributed by atoms with Crippen LogP contribution < -0.4 is 0 Å². The molecule has 26 heavy (non-hydrogen) atoms. The Morgan fingerprint density at radius 2 is 2.00 bits per heavy atom. The topological polar surface area (TPSA) is 69.4 Å². The summed E-state index contributed by atoms with van der Waals surface area (Å²) in [5, 5.41) is 21.0. The molecule has 1 aliphatic heterocycles. The number of nitriles is 1. The summed E-state index contributed by atoms with van der Waals surface area (Å²) in [5.41, 5.74) is 3.53. The van der Waals surface area contributed by atoms with Crippen LogP contribution in [-0.4, -0.2) is 41.3 Å². The summed E-state index contributed by atoms with van der Waals surface area (Å²) in [6, 6.07) is 10.1. The lowest BCUT2D eigenvalue weighted by Gasteiger charge is -2.37. The molecule has 5 nitrogen and oxygen atoms in total. The summed E-state index contributed by atoms with van der Waals surface area (Å²) < 4.78 is 5.52. The minimum absolute atomic E-state index is 0.0261. The van der Waals surface area contributed by atoms with Crippen LogP contribution in [0.2, 0.25) is 0 Å². The number of fused-ring (bicyclic) bond motifs is 1. The van der Waals surface area contributed by atoms with Gasteiger partial charge in [0.25, 0.3) is 0 Å². The number of benzene rings is 1. The zero-order valence-corrected chi connectivity index (χ0v) is 14.6. The van der Waals surface area contributed by atoms with Gasteiger partial charge < -0.3 is 9.84 Å². The maximum absolute atomic E-state index is 11.0. The number of aromatic nitrogens is 1. The summed E-state index contributed by atoms with van der Waals surface area (Å²) in [6.07, 6.45) is 7.22. The first-order chi connectivity index (χ1) is 12.8. The van der Waals surface area contributed by atoms with Crippen molar-refractivity contribution >= 4 is 10.9 Å². The van der Waals surface area contributed by atoms with Crippen molar-refractivity contribution in [2.45, 2.75) is 18.9 Å². The van der Waals surface area contributed by atoms with E-state index in [4.69, 9.17) is 10.00 Å². The molecule has 5 heteroatoms. The molecule has 0 bridgehead atoms. The fourth-order valence-electron chi connectivity index (χ4n) is 3.81. The van der Waals surface area contributed by atoms with Gasteiger partial charge in [0.15, 0.2) is 0 Å². The van der Waals surface area contributed by atoms with Crippen LogP contribution in [0.4, 0.5) is 0 Å². The summed E-state index contributed by atoms with van der Waals surface area (Å²) in [4.78, 5) is 6.72. The third kappa shape index (κ3) is 3.10. The highest BCUT2D eigenvalue weighted by Crippen LogP contribution is 2.40. The number of phenolic OH excluding ortho intramolecular Hbond substituents is 1. The molecule has 2 aromatic rings. The molecule has 0 spiro atoms. The van der Waals surface area contributed by atoms with Crippen LogP contribution in [0.1, 0.15) is 24.4 Å². The number of hydrogen-bond acceptors (Lipinski definition) is 5. The van der Waals surface area contributed by atoms with Gasteiger partial charge in [0.05, 0.1) is 25.3 Å². The van der Waals surface area contributed by atoms with E-state index < -0.39 is 0 Å². The van der Waals surface area contributed by atoms with E-state index in [1.807, 2.05) is 36.4 Å². The van der Waals surface area contributed by atoms with Crippen LogP contribution in [0, 0.1) is 11.3 Å². The molecule has 0 amide bonds. The molecule has 0 saturated carbocycles. The summed E-state index contributed by atoms with van der Waals surface area (Å²) in [5.74, 6) is 0.246. The van der Waals surface area contributed by atoms with Crippen molar-refractivity contribution in [1.29, 1.82) is 5.26 Å². The minimum Gasteiger partial charge on any atom is -0.505 e. The van der Waals surface area contributed by atoms with Crippen molar-refractivity contribution in [3.63, 3.8) is 0 Å². The lowest BCUT2D eigenvalue weighted by molar-refractivity contribution is 0.0222. The molecule has 0 radical (unpaired) electrons. The molecule has 1 aromatic heterocycles. The van der Waals surface area contributed by atoms with Crippen LogP contribution in [0.5, 0.6) is 5.75 Å². The average Bonchev–Trinajstić information content (AvgIpc) is 2.71. The summed E-state index contributed by atoms with van der Waals surface area (Å²) in [6.45, 7) is 3.01.